The van der Waals surface area contributed by atoms with Crippen molar-refractivity contribution in [2.45, 2.75) is 45.7 Å². The highest BCUT2D eigenvalue weighted by molar-refractivity contribution is 8.66. The Kier molecular flexibility index (Phi) is 5.84. The van der Waals surface area contributed by atoms with Gasteiger partial charge in [0.1, 0.15) is 5.75 Å². The second kappa shape index (κ2) is 7.06. The molecule has 0 spiro atoms. The fraction of sp³-hybridized carbons (Fsp3) is 0.647. The maximum atomic E-state index is 6.09. The van der Waals surface area contributed by atoms with E-state index in [4.69, 9.17) is 28.8 Å². The van der Waals surface area contributed by atoms with Gasteiger partial charge in [-0.25, -0.2) is 0 Å². The SMILES string of the molecule is COc1ccc(P(=S)(S)[C@H]2C[C@H](C)CC[C@H]2C(C)C)cc1. The smallest absolute Gasteiger partial charge is 0.118 e. The molecular weight excluding hydrogens is 315 g/mol. The first-order valence-electron chi connectivity index (χ1n) is 7.83. The molecule has 1 nitrogen and oxygen atoms in total. The summed E-state index contributed by atoms with van der Waals surface area (Å²) in [5.41, 5.74) is 0.563. The fourth-order valence-electron chi connectivity index (χ4n) is 3.54. The van der Waals surface area contributed by atoms with Crippen molar-refractivity contribution in [1.82, 2.24) is 0 Å². The molecule has 0 aliphatic heterocycles. The van der Waals surface area contributed by atoms with E-state index in [-0.39, 0.29) is 0 Å². The molecule has 1 aliphatic rings. The summed E-state index contributed by atoms with van der Waals surface area (Å²) in [5, 5.41) is -0.584. The van der Waals surface area contributed by atoms with Crippen LogP contribution in [0, 0.1) is 17.8 Å². The van der Waals surface area contributed by atoms with Gasteiger partial charge in [0.15, 0.2) is 0 Å². The van der Waals surface area contributed by atoms with E-state index in [1.165, 1.54) is 24.6 Å². The van der Waals surface area contributed by atoms with Gasteiger partial charge in [-0.3, -0.25) is 0 Å². The molecule has 2 rings (SSSR count). The first-order chi connectivity index (χ1) is 9.86. The highest BCUT2D eigenvalue weighted by atomic mass is 32.9. The van der Waals surface area contributed by atoms with Crippen LogP contribution in [0.1, 0.15) is 40.0 Å². The first-order valence-corrected chi connectivity index (χ1v) is 11.9. The van der Waals surface area contributed by atoms with E-state index in [1.54, 1.807) is 7.11 Å². The van der Waals surface area contributed by atoms with Crippen molar-refractivity contribution < 1.29 is 4.74 Å². The van der Waals surface area contributed by atoms with E-state index in [0.717, 1.165) is 11.7 Å². The van der Waals surface area contributed by atoms with Crippen LogP contribution in [-0.4, -0.2) is 12.8 Å². The highest BCUT2D eigenvalue weighted by Gasteiger charge is 2.38. The molecule has 1 unspecified atom stereocenters. The van der Waals surface area contributed by atoms with Crippen LogP contribution < -0.4 is 10.0 Å². The van der Waals surface area contributed by atoms with Crippen molar-refractivity contribution in [3.63, 3.8) is 0 Å². The van der Waals surface area contributed by atoms with E-state index >= 15 is 0 Å². The number of hydrogen-bond donors (Lipinski definition) is 1. The summed E-state index contributed by atoms with van der Waals surface area (Å²) < 4.78 is 5.26. The number of hydrogen-bond acceptors (Lipinski definition) is 2. The van der Waals surface area contributed by atoms with Crippen LogP contribution >= 0.6 is 17.5 Å². The molecule has 1 saturated carbocycles. The molecule has 0 N–H and O–H groups in total. The lowest BCUT2D eigenvalue weighted by Crippen LogP contribution is -2.33. The van der Waals surface area contributed by atoms with Crippen LogP contribution in [0.3, 0.4) is 0 Å². The van der Waals surface area contributed by atoms with Crippen LogP contribution in [0.15, 0.2) is 24.3 Å². The van der Waals surface area contributed by atoms with Crippen LogP contribution in [0.2, 0.25) is 0 Å². The minimum absolute atomic E-state index is 0.563. The summed E-state index contributed by atoms with van der Waals surface area (Å²) >= 11 is 11.2. The standard InChI is InChI=1S/C17H27OPS2/c1-12(2)16-10-5-13(3)11-17(16)19(20,21)15-8-6-14(18-4)7-9-15/h6-9,12-13,16-17H,5,10-11H2,1-4H3,(H,20,21)/t13-,16+,17+/m1/s1. The van der Waals surface area contributed by atoms with Gasteiger partial charge in [-0.15, -0.1) is 12.2 Å². The highest BCUT2D eigenvalue weighted by Crippen LogP contribution is 2.62. The van der Waals surface area contributed by atoms with Gasteiger partial charge in [0, 0.05) is 10.9 Å². The Labute approximate surface area is 140 Å². The molecule has 0 radical (unpaired) electrons. The van der Waals surface area contributed by atoms with Gasteiger partial charge in [0.2, 0.25) is 0 Å². The Hall–Kier alpha value is 0.0200. The Bertz CT molecular complexity index is 512. The first kappa shape index (κ1) is 17.4. The maximum absolute atomic E-state index is 6.09. The summed E-state index contributed by atoms with van der Waals surface area (Å²) in [4.78, 5) is 0. The molecule has 0 heterocycles. The van der Waals surface area contributed by atoms with Crippen molar-refractivity contribution >= 4 is 34.6 Å². The van der Waals surface area contributed by atoms with Crippen LogP contribution in [0.25, 0.3) is 0 Å². The van der Waals surface area contributed by atoms with Gasteiger partial charge in [-0.1, -0.05) is 39.0 Å². The molecular formula is C17H27OPS2. The monoisotopic (exact) mass is 342 g/mol. The normalized spacial score (nSPS) is 29.1. The third-order valence-corrected chi connectivity index (χ3v) is 10.4. The maximum Gasteiger partial charge on any atom is 0.118 e. The van der Waals surface area contributed by atoms with Crippen LogP contribution in [0.4, 0.5) is 0 Å². The zero-order valence-corrected chi connectivity index (χ0v) is 16.1. The van der Waals surface area contributed by atoms with E-state index in [2.05, 4.69) is 32.9 Å². The van der Waals surface area contributed by atoms with Crippen LogP contribution in [0.5, 0.6) is 5.75 Å². The Morgan fingerprint density at radius 1 is 1.24 bits per heavy atom. The van der Waals surface area contributed by atoms with Gasteiger partial charge >= 0.3 is 0 Å². The van der Waals surface area contributed by atoms with Crippen molar-refractivity contribution in [2.24, 2.45) is 17.8 Å². The molecule has 1 aromatic carbocycles. The topological polar surface area (TPSA) is 9.23 Å². The van der Waals surface area contributed by atoms with Crippen molar-refractivity contribution in [3.05, 3.63) is 24.3 Å². The molecule has 0 saturated heterocycles. The van der Waals surface area contributed by atoms with E-state index in [0.29, 0.717) is 17.5 Å². The molecule has 0 aromatic heterocycles. The number of methoxy groups -OCH3 is 1. The number of rotatable bonds is 4. The van der Waals surface area contributed by atoms with E-state index in [1.807, 2.05) is 12.1 Å². The van der Waals surface area contributed by atoms with Gasteiger partial charge < -0.3 is 4.74 Å². The van der Waals surface area contributed by atoms with E-state index in [9.17, 15) is 0 Å². The largest absolute Gasteiger partial charge is 0.497 e. The minimum Gasteiger partial charge on any atom is -0.497 e. The zero-order valence-electron chi connectivity index (χ0n) is 13.5. The predicted octanol–water partition coefficient (Wildman–Crippen LogP) is 5.11. The number of benzene rings is 1. The number of thiol groups is 1. The summed E-state index contributed by atoms with van der Waals surface area (Å²) in [7, 11) is 1.70. The summed E-state index contributed by atoms with van der Waals surface area (Å²) in [6.45, 7) is 7.04. The Morgan fingerprint density at radius 2 is 1.86 bits per heavy atom. The van der Waals surface area contributed by atoms with Gasteiger partial charge in [0.05, 0.1) is 7.11 Å². The third-order valence-electron chi connectivity index (χ3n) is 4.88. The van der Waals surface area contributed by atoms with Gasteiger partial charge in [-0.05, 0) is 60.2 Å². The Balaban J connectivity index is 2.31. The van der Waals surface area contributed by atoms with Gasteiger partial charge in [-0.2, -0.15) is 0 Å². The van der Waals surface area contributed by atoms with Crippen LogP contribution in [-0.2, 0) is 11.8 Å². The summed E-state index contributed by atoms with van der Waals surface area (Å²) in [6.07, 6.45) is 3.87. The average Bonchev–Trinajstić information content (AvgIpc) is 2.47. The Morgan fingerprint density at radius 3 is 2.38 bits per heavy atom. The van der Waals surface area contributed by atoms with E-state index < -0.39 is 5.24 Å². The summed E-state index contributed by atoms with van der Waals surface area (Å²) in [6, 6.07) is 8.29. The van der Waals surface area contributed by atoms with Crippen molar-refractivity contribution in [3.8, 4) is 5.75 Å². The lowest BCUT2D eigenvalue weighted by Gasteiger charge is -2.42. The second-order valence-electron chi connectivity index (χ2n) is 6.71. The molecule has 1 fully saturated rings. The molecule has 1 aromatic rings. The second-order valence-corrected chi connectivity index (χ2v) is 13.6. The molecule has 0 amide bonds. The third kappa shape index (κ3) is 3.86. The minimum atomic E-state index is -1.83. The number of ether oxygens (including phenoxy) is 1. The predicted molar refractivity (Wildman–Crippen MR) is 101 cm³/mol. The lowest BCUT2D eigenvalue weighted by atomic mass is 9.77. The average molecular weight is 343 g/mol. The zero-order chi connectivity index (χ0) is 15.6. The molecule has 0 bridgehead atoms. The molecule has 118 valence electrons. The quantitative estimate of drug-likeness (QED) is 0.602. The molecule has 4 atom stereocenters. The van der Waals surface area contributed by atoms with Gasteiger partial charge in [0.25, 0.3) is 0 Å². The molecule has 4 heteroatoms. The van der Waals surface area contributed by atoms with Crippen molar-refractivity contribution in [2.75, 3.05) is 7.11 Å². The molecule has 1 aliphatic carbocycles. The lowest BCUT2D eigenvalue weighted by molar-refractivity contribution is 0.242. The van der Waals surface area contributed by atoms with Crippen molar-refractivity contribution in [1.29, 1.82) is 0 Å². The fourth-order valence-corrected chi connectivity index (χ4v) is 8.45. The summed E-state index contributed by atoms with van der Waals surface area (Å²) in [5.74, 6) is 3.07. The molecule has 21 heavy (non-hydrogen) atoms.